The maximum Gasteiger partial charge on any atom is 0.246 e. The number of benzene rings is 1. The topological polar surface area (TPSA) is 94.6 Å². The Hall–Kier alpha value is -3.36. The van der Waals surface area contributed by atoms with Gasteiger partial charge in [0.2, 0.25) is 11.8 Å². The molecule has 1 aromatic heterocycles. The predicted molar refractivity (Wildman–Crippen MR) is 177 cm³/mol. The highest BCUT2D eigenvalue weighted by Gasteiger charge is 2.48. The van der Waals surface area contributed by atoms with E-state index in [1.54, 1.807) is 19.2 Å². The predicted octanol–water partition coefficient (Wildman–Crippen LogP) is 6.38. The molecule has 1 unspecified atom stereocenters. The monoisotopic (exact) mass is 608 g/mol. The lowest BCUT2D eigenvalue weighted by Gasteiger charge is -2.53. The molecule has 1 aliphatic rings. The van der Waals surface area contributed by atoms with Crippen LogP contribution in [0.15, 0.2) is 54.8 Å². The summed E-state index contributed by atoms with van der Waals surface area (Å²) < 4.78 is 13.2. The summed E-state index contributed by atoms with van der Waals surface area (Å²) in [5.41, 5.74) is 3.70. The lowest BCUT2D eigenvalue weighted by Crippen LogP contribution is -2.73. The van der Waals surface area contributed by atoms with Crippen LogP contribution in [0.25, 0.3) is 5.57 Å². The van der Waals surface area contributed by atoms with Gasteiger partial charge < -0.3 is 15.7 Å². The van der Waals surface area contributed by atoms with Crippen LogP contribution in [0.2, 0.25) is 0 Å². The van der Waals surface area contributed by atoms with Crippen molar-refractivity contribution in [2.24, 2.45) is 0 Å². The Morgan fingerprint density at radius 1 is 1.16 bits per heavy atom. The van der Waals surface area contributed by atoms with Gasteiger partial charge in [-0.3, -0.25) is 19.5 Å². The molecule has 2 aromatic rings. The fourth-order valence-electron chi connectivity index (χ4n) is 5.48. The van der Waals surface area contributed by atoms with Crippen molar-refractivity contribution in [3.05, 3.63) is 83.0 Å². The van der Waals surface area contributed by atoms with E-state index in [-0.39, 0.29) is 30.7 Å². The summed E-state index contributed by atoms with van der Waals surface area (Å²) in [7, 11) is 0. The van der Waals surface area contributed by atoms with Crippen LogP contribution < -0.4 is 10.6 Å². The van der Waals surface area contributed by atoms with E-state index in [2.05, 4.69) is 34.0 Å². The quantitative estimate of drug-likeness (QED) is 0.230. The molecule has 1 saturated heterocycles. The second kappa shape index (κ2) is 16.6. The van der Waals surface area contributed by atoms with Gasteiger partial charge in [0.25, 0.3) is 0 Å². The number of hydrogen-bond donors (Lipinski definition) is 3. The number of nitrogens with zero attached hydrogens (tertiary/aromatic N) is 2. The van der Waals surface area contributed by atoms with Gasteiger partial charge in [-0.1, -0.05) is 38.1 Å². The van der Waals surface area contributed by atoms with E-state index < -0.39 is 11.1 Å². The normalized spacial score (nSPS) is 15.4. The fraction of sp³-hybridized carbons (Fsp3) is 0.528. The number of aliphatic hydroxyl groups is 1. The molecule has 0 bridgehead atoms. The van der Waals surface area contributed by atoms with Crippen molar-refractivity contribution in [3.63, 3.8) is 0 Å². The molecule has 3 rings (SSSR count). The van der Waals surface area contributed by atoms with Crippen LogP contribution in [-0.4, -0.2) is 58.1 Å². The molecule has 1 fully saturated rings. The fourth-order valence-corrected chi connectivity index (χ4v) is 5.48. The van der Waals surface area contributed by atoms with Gasteiger partial charge in [-0.25, -0.2) is 4.39 Å². The smallest absolute Gasteiger partial charge is 0.246 e. The first-order valence-corrected chi connectivity index (χ1v) is 15.6. The molecule has 2 amide bonds. The number of aromatic nitrogens is 1. The minimum Gasteiger partial charge on any atom is -0.396 e. The third kappa shape index (κ3) is 10.7. The van der Waals surface area contributed by atoms with Gasteiger partial charge in [-0.2, -0.15) is 0 Å². The van der Waals surface area contributed by atoms with Crippen LogP contribution in [0.1, 0.15) is 96.0 Å². The van der Waals surface area contributed by atoms with Crippen molar-refractivity contribution < 1.29 is 19.1 Å². The molecule has 1 aromatic carbocycles. The highest BCUT2D eigenvalue weighted by molar-refractivity contribution is 5.93. The highest BCUT2D eigenvalue weighted by atomic mass is 19.1. The molecule has 242 valence electrons. The number of allylic oxidation sites excluding steroid dienone is 2. The second-order valence-corrected chi connectivity index (χ2v) is 12.8. The summed E-state index contributed by atoms with van der Waals surface area (Å²) in [6.45, 7) is 20.5. The van der Waals surface area contributed by atoms with Crippen molar-refractivity contribution in [1.29, 1.82) is 0 Å². The summed E-state index contributed by atoms with van der Waals surface area (Å²) in [5, 5.41) is 15.4. The molecule has 0 spiro atoms. The number of pyridine rings is 1. The summed E-state index contributed by atoms with van der Waals surface area (Å²) in [4.78, 5) is 32.3. The molecule has 1 aliphatic heterocycles. The first kappa shape index (κ1) is 36.8. The minimum absolute atomic E-state index is 0.123. The van der Waals surface area contributed by atoms with E-state index in [1.165, 1.54) is 0 Å². The summed E-state index contributed by atoms with van der Waals surface area (Å²) in [5.74, 6) is -0.479. The van der Waals surface area contributed by atoms with Gasteiger partial charge in [0.15, 0.2) is 0 Å². The molecule has 8 heteroatoms. The summed E-state index contributed by atoms with van der Waals surface area (Å²) in [6, 6.07) is 9.54. The first-order valence-electron chi connectivity index (χ1n) is 15.6. The number of aryl methyl sites for hydroxylation is 2. The van der Waals surface area contributed by atoms with Gasteiger partial charge >= 0.3 is 0 Å². The molecule has 0 saturated carbocycles. The Balaban J connectivity index is 0.000000469. The van der Waals surface area contributed by atoms with Crippen LogP contribution in [0.5, 0.6) is 0 Å². The highest BCUT2D eigenvalue weighted by Crippen LogP contribution is 2.31. The van der Waals surface area contributed by atoms with Crippen LogP contribution >= 0.6 is 0 Å². The Labute approximate surface area is 264 Å². The minimum atomic E-state index is -0.627. The second-order valence-electron chi connectivity index (χ2n) is 12.8. The summed E-state index contributed by atoms with van der Waals surface area (Å²) >= 11 is 0. The zero-order valence-electron chi connectivity index (χ0n) is 28.0. The molecule has 3 N–H and O–H groups in total. The molecule has 44 heavy (non-hydrogen) atoms. The van der Waals surface area contributed by atoms with E-state index in [9.17, 15) is 19.1 Å². The third-order valence-electron chi connectivity index (χ3n) is 8.10. The van der Waals surface area contributed by atoms with Gasteiger partial charge in [-0.15, -0.1) is 0 Å². The lowest BCUT2D eigenvalue weighted by atomic mass is 9.82. The summed E-state index contributed by atoms with van der Waals surface area (Å²) in [6.07, 6.45) is 7.60. The van der Waals surface area contributed by atoms with Gasteiger partial charge in [0.1, 0.15) is 5.82 Å². The van der Waals surface area contributed by atoms with Gasteiger partial charge in [0.05, 0.1) is 23.2 Å². The number of carbonyl (C=O) groups is 2. The van der Waals surface area contributed by atoms with E-state index in [4.69, 9.17) is 0 Å². The third-order valence-corrected chi connectivity index (χ3v) is 8.10. The molecular formula is C36H53FN4O3. The number of amides is 2. The van der Waals surface area contributed by atoms with E-state index in [1.807, 2.05) is 71.9 Å². The van der Waals surface area contributed by atoms with Crippen LogP contribution in [0, 0.1) is 19.7 Å². The van der Waals surface area contributed by atoms with Crippen molar-refractivity contribution in [1.82, 2.24) is 20.5 Å². The SMILES string of the molecule is C/C=C(\C)c1ccc(C)cc1F.C=C(C)C(=O)NC1(CC(=O)NC(C)(C)c2cc(C)ccn2)CN(C(CCC)CCCO)C1. The van der Waals surface area contributed by atoms with E-state index in [0.717, 1.165) is 48.1 Å². The molecule has 7 nitrogen and oxygen atoms in total. The Morgan fingerprint density at radius 3 is 2.36 bits per heavy atom. The molecule has 2 heterocycles. The van der Waals surface area contributed by atoms with Gasteiger partial charge in [-0.05, 0) is 103 Å². The standard InChI is InChI=1S/C25H40N4O3.C11H13F/c1-7-9-20(10-8-13-30)29-16-25(17-29,28-23(32)18(2)3)15-22(31)27-24(5,6)21-14-19(4)11-12-26-21;1-4-9(3)10-6-5-8(2)7-11(10)12/h11-12,14,20,30H,2,7-10,13,15-17H2,1,3-6H3,(H,27,31)(H,28,32);4-7H,1-3H3/b;9-4+. The Bertz CT molecular complexity index is 1310. The Morgan fingerprint density at radius 2 is 1.82 bits per heavy atom. The van der Waals surface area contributed by atoms with Crippen molar-refractivity contribution in [2.75, 3.05) is 19.7 Å². The molecule has 0 aliphatic carbocycles. The average molecular weight is 609 g/mol. The number of aliphatic hydroxyl groups excluding tert-OH is 1. The zero-order chi connectivity index (χ0) is 33.1. The number of rotatable bonds is 13. The largest absolute Gasteiger partial charge is 0.396 e. The number of nitrogens with one attached hydrogen (secondary N) is 2. The molecule has 1 atom stereocenters. The van der Waals surface area contributed by atoms with Crippen molar-refractivity contribution in [2.45, 2.75) is 105 Å². The number of carbonyl (C=O) groups excluding carboxylic acids is 2. The van der Waals surface area contributed by atoms with Crippen molar-refractivity contribution in [3.8, 4) is 0 Å². The van der Waals surface area contributed by atoms with E-state index >= 15 is 0 Å². The van der Waals surface area contributed by atoms with Gasteiger partial charge in [0, 0.05) is 43.1 Å². The average Bonchev–Trinajstić information content (AvgIpc) is 2.93. The van der Waals surface area contributed by atoms with Crippen LogP contribution in [0.4, 0.5) is 4.39 Å². The number of halogens is 1. The van der Waals surface area contributed by atoms with Crippen LogP contribution in [0.3, 0.4) is 0 Å². The lowest BCUT2D eigenvalue weighted by molar-refractivity contribution is -0.130. The Kier molecular flexibility index (Phi) is 13.9. The first-order chi connectivity index (χ1) is 20.7. The zero-order valence-corrected chi connectivity index (χ0v) is 28.0. The maximum atomic E-state index is 13.2. The number of hydrogen-bond acceptors (Lipinski definition) is 5. The number of likely N-dealkylation sites (tertiary alicyclic amines) is 1. The maximum absolute atomic E-state index is 13.2. The van der Waals surface area contributed by atoms with Crippen LogP contribution in [-0.2, 0) is 15.1 Å². The molecular weight excluding hydrogens is 555 g/mol. The molecule has 0 radical (unpaired) electrons. The van der Waals surface area contributed by atoms with Crippen molar-refractivity contribution >= 4 is 17.4 Å². The van der Waals surface area contributed by atoms with E-state index in [0.29, 0.717) is 30.3 Å².